The van der Waals surface area contributed by atoms with E-state index in [2.05, 4.69) is 31.1 Å². The Kier molecular flexibility index (Phi) is 2.82. The molecule has 64 valence electrons. The Hall–Kier alpha value is -0.180. The lowest BCUT2D eigenvalue weighted by molar-refractivity contribution is 0.364. The predicted octanol–water partition coefficient (Wildman–Crippen LogP) is 1.72. The van der Waals surface area contributed by atoms with Gasteiger partial charge in [0.05, 0.1) is 0 Å². The maximum atomic E-state index is 4.44. The lowest BCUT2D eigenvalue weighted by atomic mass is 9.93. The summed E-state index contributed by atoms with van der Waals surface area (Å²) >= 11 is 1.79. The minimum atomic E-state index is 0.345. The minimum absolute atomic E-state index is 0.345. The number of thioether (sulfide) groups is 1. The third-order valence-electron chi connectivity index (χ3n) is 1.65. The maximum Gasteiger partial charge on any atom is 0.156 e. The lowest BCUT2D eigenvalue weighted by Gasteiger charge is -2.28. The Bertz CT molecular complexity index is 163. The fourth-order valence-corrected chi connectivity index (χ4v) is 1.55. The van der Waals surface area contributed by atoms with Gasteiger partial charge < -0.3 is 5.32 Å². The van der Waals surface area contributed by atoms with Crippen LogP contribution >= 0.6 is 11.8 Å². The second kappa shape index (κ2) is 3.48. The number of aliphatic imine (C=N–C) groups is 1. The van der Waals surface area contributed by atoms with Crippen molar-refractivity contribution in [2.45, 2.75) is 20.8 Å². The zero-order valence-corrected chi connectivity index (χ0v) is 8.29. The smallest absolute Gasteiger partial charge is 0.156 e. The first kappa shape index (κ1) is 8.91. The molecule has 1 aliphatic heterocycles. The molecule has 0 aromatic rings. The summed E-state index contributed by atoms with van der Waals surface area (Å²) < 4.78 is 0. The van der Waals surface area contributed by atoms with Gasteiger partial charge in [-0.3, -0.25) is 4.99 Å². The zero-order chi connectivity index (χ0) is 8.32. The van der Waals surface area contributed by atoms with Crippen LogP contribution in [0.4, 0.5) is 0 Å². The molecule has 0 aliphatic carbocycles. The monoisotopic (exact) mass is 172 g/mol. The van der Waals surface area contributed by atoms with Crippen LogP contribution < -0.4 is 5.32 Å². The van der Waals surface area contributed by atoms with Crippen LogP contribution in [0.2, 0.25) is 0 Å². The molecule has 0 radical (unpaired) electrons. The molecule has 0 amide bonds. The van der Waals surface area contributed by atoms with Gasteiger partial charge in [0, 0.05) is 18.5 Å². The van der Waals surface area contributed by atoms with Gasteiger partial charge in [0.1, 0.15) is 0 Å². The van der Waals surface area contributed by atoms with E-state index in [9.17, 15) is 0 Å². The molecule has 1 aliphatic rings. The largest absolute Gasteiger partial charge is 0.364 e. The summed E-state index contributed by atoms with van der Waals surface area (Å²) in [6, 6.07) is 0. The van der Waals surface area contributed by atoms with E-state index in [1.807, 2.05) is 0 Å². The Balaban J connectivity index is 2.44. The quantitative estimate of drug-likeness (QED) is 0.651. The first-order valence-corrected chi connectivity index (χ1v) is 5.04. The highest BCUT2D eigenvalue weighted by Crippen LogP contribution is 2.19. The molecule has 1 rings (SSSR count). The first-order chi connectivity index (χ1) is 5.14. The molecule has 3 heteroatoms. The molecule has 0 aromatic heterocycles. The number of amidine groups is 1. The number of hydrogen-bond donors (Lipinski definition) is 1. The van der Waals surface area contributed by atoms with Gasteiger partial charge in [0.15, 0.2) is 5.17 Å². The molecule has 0 fully saturated rings. The van der Waals surface area contributed by atoms with Crippen molar-refractivity contribution in [3.8, 4) is 0 Å². The normalized spacial score (nSPS) is 22.3. The van der Waals surface area contributed by atoms with Crippen molar-refractivity contribution in [2.75, 3.05) is 18.8 Å². The van der Waals surface area contributed by atoms with Crippen molar-refractivity contribution in [2.24, 2.45) is 10.4 Å². The van der Waals surface area contributed by atoms with Gasteiger partial charge in [-0.05, 0) is 5.75 Å². The summed E-state index contributed by atoms with van der Waals surface area (Å²) in [4.78, 5) is 4.44. The van der Waals surface area contributed by atoms with E-state index in [1.165, 1.54) is 0 Å². The number of hydrogen-bond acceptors (Lipinski definition) is 3. The van der Waals surface area contributed by atoms with Crippen molar-refractivity contribution in [3.05, 3.63) is 0 Å². The fourth-order valence-electron chi connectivity index (χ4n) is 0.946. The molecule has 0 bridgehead atoms. The van der Waals surface area contributed by atoms with Crippen LogP contribution in [-0.2, 0) is 0 Å². The summed E-state index contributed by atoms with van der Waals surface area (Å²) in [5, 5.41) is 4.44. The van der Waals surface area contributed by atoms with E-state index >= 15 is 0 Å². The lowest BCUT2D eigenvalue weighted by Crippen LogP contribution is -2.39. The molecule has 1 N–H and O–H groups in total. The van der Waals surface area contributed by atoms with Crippen LogP contribution in [0.1, 0.15) is 20.8 Å². The maximum absolute atomic E-state index is 4.44. The average Bonchev–Trinajstić information content (AvgIpc) is 1.94. The van der Waals surface area contributed by atoms with Crippen LogP contribution in [0.3, 0.4) is 0 Å². The molecule has 0 saturated carbocycles. The summed E-state index contributed by atoms with van der Waals surface area (Å²) in [6.45, 7) is 8.63. The van der Waals surface area contributed by atoms with Crippen molar-refractivity contribution < 1.29 is 0 Å². The van der Waals surface area contributed by atoms with E-state index in [4.69, 9.17) is 0 Å². The Morgan fingerprint density at radius 1 is 1.64 bits per heavy atom. The van der Waals surface area contributed by atoms with Crippen LogP contribution in [0, 0.1) is 5.41 Å². The van der Waals surface area contributed by atoms with E-state index in [1.54, 1.807) is 11.8 Å². The molecular formula is C8H16N2S. The van der Waals surface area contributed by atoms with Gasteiger partial charge in [-0.25, -0.2) is 0 Å². The standard InChI is InChI=1S/C8H16N2S/c1-4-11-7-9-5-8(2,3)6-10-7/h4-6H2,1-3H3,(H,9,10). The molecule has 0 saturated heterocycles. The van der Waals surface area contributed by atoms with E-state index in [0.717, 1.165) is 24.0 Å². The van der Waals surface area contributed by atoms with Crippen LogP contribution in [0.5, 0.6) is 0 Å². The molecule has 0 unspecified atom stereocenters. The second-order valence-corrected chi connectivity index (χ2v) is 4.82. The fraction of sp³-hybridized carbons (Fsp3) is 0.875. The third-order valence-corrected chi connectivity index (χ3v) is 2.49. The molecule has 0 atom stereocenters. The Morgan fingerprint density at radius 3 is 2.82 bits per heavy atom. The van der Waals surface area contributed by atoms with Gasteiger partial charge in [0.2, 0.25) is 0 Å². The first-order valence-electron chi connectivity index (χ1n) is 4.05. The molecule has 0 aromatic carbocycles. The third kappa shape index (κ3) is 2.73. The van der Waals surface area contributed by atoms with Gasteiger partial charge in [-0.1, -0.05) is 32.5 Å². The van der Waals surface area contributed by atoms with Crippen LogP contribution in [0.15, 0.2) is 4.99 Å². The van der Waals surface area contributed by atoms with E-state index in [-0.39, 0.29) is 0 Å². The number of rotatable bonds is 1. The Morgan fingerprint density at radius 2 is 2.36 bits per heavy atom. The summed E-state index contributed by atoms with van der Waals surface area (Å²) in [6.07, 6.45) is 0. The minimum Gasteiger partial charge on any atom is -0.364 e. The highest BCUT2D eigenvalue weighted by Gasteiger charge is 2.21. The topological polar surface area (TPSA) is 24.4 Å². The predicted molar refractivity (Wildman–Crippen MR) is 52.2 cm³/mol. The summed E-state index contributed by atoms with van der Waals surface area (Å²) in [7, 11) is 0. The average molecular weight is 172 g/mol. The highest BCUT2D eigenvalue weighted by atomic mass is 32.2. The number of nitrogens with one attached hydrogen (secondary N) is 1. The van der Waals surface area contributed by atoms with Gasteiger partial charge in [-0.15, -0.1) is 0 Å². The molecule has 0 spiro atoms. The van der Waals surface area contributed by atoms with Crippen molar-refractivity contribution >= 4 is 16.9 Å². The van der Waals surface area contributed by atoms with Crippen molar-refractivity contribution in [1.82, 2.24) is 5.32 Å². The molecular weight excluding hydrogens is 156 g/mol. The van der Waals surface area contributed by atoms with Gasteiger partial charge >= 0.3 is 0 Å². The van der Waals surface area contributed by atoms with E-state index < -0.39 is 0 Å². The van der Waals surface area contributed by atoms with Crippen LogP contribution in [-0.4, -0.2) is 24.0 Å². The SMILES string of the molecule is CCSC1=NCC(C)(C)CN1. The molecule has 11 heavy (non-hydrogen) atoms. The van der Waals surface area contributed by atoms with Gasteiger partial charge in [-0.2, -0.15) is 0 Å². The molecule has 1 heterocycles. The highest BCUT2D eigenvalue weighted by molar-refractivity contribution is 8.13. The summed E-state index contributed by atoms with van der Waals surface area (Å²) in [5.41, 5.74) is 0.345. The summed E-state index contributed by atoms with van der Waals surface area (Å²) in [5.74, 6) is 1.10. The van der Waals surface area contributed by atoms with Gasteiger partial charge in [0.25, 0.3) is 0 Å². The molecule has 2 nitrogen and oxygen atoms in total. The Labute approximate surface area is 72.9 Å². The van der Waals surface area contributed by atoms with Crippen LogP contribution in [0.25, 0.3) is 0 Å². The number of nitrogens with zero attached hydrogens (tertiary/aromatic N) is 1. The second-order valence-electron chi connectivity index (χ2n) is 3.57. The van der Waals surface area contributed by atoms with E-state index in [0.29, 0.717) is 5.41 Å². The zero-order valence-electron chi connectivity index (χ0n) is 7.48. The van der Waals surface area contributed by atoms with Crippen molar-refractivity contribution in [1.29, 1.82) is 0 Å². The van der Waals surface area contributed by atoms with Crippen molar-refractivity contribution in [3.63, 3.8) is 0 Å².